The summed E-state index contributed by atoms with van der Waals surface area (Å²) in [6.07, 6.45) is 12.5. The summed E-state index contributed by atoms with van der Waals surface area (Å²) in [5.41, 5.74) is 6.41. The van der Waals surface area contributed by atoms with Gasteiger partial charge in [-0.25, -0.2) is 0 Å². The Morgan fingerprint density at radius 2 is 2.00 bits per heavy atom. The van der Waals surface area contributed by atoms with E-state index in [9.17, 15) is 0 Å². The lowest BCUT2D eigenvalue weighted by Crippen LogP contribution is -2.27. The van der Waals surface area contributed by atoms with Gasteiger partial charge >= 0.3 is 0 Å². The van der Waals surface area contributed by atoms with Crippen molar-refractivity contribution in [2.24, 2.45) is 0 Å². The van der Waals surface area contributed by atoms with Crippen LogP contribution in [0.4, 0.5) is 0 Å². The van der Waals surface area contributed by atoms with E-state index < -0.39 is 0 Å². The maximum absolute atomic E-state index is 3.61. The van der Waals surface area contributed by atoms with Gasteiger partial charge in [0.05, 0.1) is 0 Å². The van der Waals surface area contributed by atoms with Crippen LogP contribution in [-0.4, -0.2) is 6.54 Å². The monoisotopic (exact) mass is 187 g/mol. The fourth-order valence-electron chi connectivity index (χ4n) is 2.82. The van der Waals surface area contributed by atoms with Crippen LogP contribution >= 0.6 is 0 Å². The molecule has 1 heteroatoms. The Hall–Kier alpha value is -0.980. The molecule has 0 aromatic rings. The zero-order valence-corrected chi connectivity index (χ0v) is 8.60. The van der Waals surface area contributed by atoms with Gasteiger partial charge in [0.2, 0.25) is 0 Å². The summed E-state index contributed by atoms with van der Waals surface area (Å²) in [6, 6.07) is 0. The van der Waals surface area contributed by atoms with Gasteiger partial charge in [-0.2, -0.15) is 0 Å². The van der Waals surface area contributed by atoms with Gasteiger partial charge in [-0.15, -0.1) is 0 Å². The molecule has 0 aromatic heterocycles. The SMILES string of the molecule is C1=CC2=C(CC1)CNC1=C2CCCC1. The van der Waals surface area contributed by atoms with Gasteiger partial charge in [0.1, 0.15) is 0 Å². The standard InChI is InChI=1S/C13H17N/c1-2-6-11-10(5-1)9-14-13-8-4-3-7-12(11)13/h2,6,14H,1,3-5,7-9H2. The number of fused-ring (bicyclic) bond motifs is 1. The van der Waals surface area contributed by atoms with Crippen molar-refractivity contribution < 1.29 is 0 Å². The largest absolute Gasteiger partial charge is 0.384 e. The summed E-state index contributed by atoms with van der Waals surface area (Å²) in [6.45, 7) is 1.11. The highest BCUT2D eigenvalue weighted by Crippen LogP contribution is 2.36. The van der Waals surface area contributed by atoms with E-state index in [0.717, 1.165) is 6.54 Å². The van der Waals surface area contributed by atoms with Crippen LogP contribution < -0.4 is 5.32 Å². The Bertz CT molecular complexity index is 344. The molecule has 0 aromatic carbocycles. The molecule has 0 spiro atoms. The summed E-state index contributed by atoms with van der Waals surface area (Å²) in [4.78, 5) is 0. The van der Waals surface area contributed by atoms with Crippen molar-refractivity contribution in [3.63, 3.8) is 0 Å². The van der Waals surface area contributed by atoms with E-state index in [1.165, 1.54) is 38.5 Å². The molecule has 1 N–H and O–H groups in total. The fourth-order valence-corrected chi connectivity index (χ4v) is 2.82. The zero-order valence-electron chi connectivity index (χ0n) is 8.60. The van der Waals surface area contributed by atoms with Crippen LogP contribution in [-0.2, 0) is 0 Å². The average Bonchev–Trinajstić information content (AvgIpc) is 2.29. The van der Waals surface area contributed by atoms with E-state index in [1.54, 1.807) is 22.4 Å². The predicted molar refractivity (Wildman–Crippen MR) is 58.9 cm³/mol. The van der Waals surface area contributed by atoms with Gasteiger partial charge in [-0.05, 0) is 55.2 Å². The van der Waals surface area contributed by atoms with E-state index in [1.807, 2.05) is 0 Å². The molecule has 0 unspecified atom stereocenters. The minimum atomic E-state index is 1.11. The van der Waals surface area contributed by atoms with Gasteiger partial charge in [-0.3, -0.25) is 0 Å². The molecule has 1 aliphatic heterocycles. The predicted octanol–water partition coefficient (Wildman–Crippen LogP) is 3.06. The van der Waals surface area contributed by atoms with Crippen LogP contribution in [0.15, 0.2) is 34.6 Å². The second-order valence-corrected chi connectivity index (χ2v) is 4.48. The number of hydrogen-bond donors (Lipinski definition) is 1. The molecule has 74 valence electrons. The zero-order chi connectivity index (χ0) is 9.38. The lowest BCUT2D eigenvalue weighted by atomic mass is 9.82. The van der Waals surface area contributed by atoms with Gasteiger partial charge in [0, 0.05) is 12.2 Å². The van der Waals surface area contributed by atoms with Crippen molar-refractivity contribution in [2.75, 3.05) is 6.54 Å². The van der Waals surface area contributed by atoms with Gasteiger partial charge in [0.15, 0.2) is 0 Å². The van der Waals surface area contributed by atoms with Crippen molar-refractivity contribution in [1.29, 1.82) is 0 Å². The number of rotatable bonds is 0. The molecule has 2 aliphatic carbocycles. The van der Waals surface area contributed by atoms with E-state index >= 15 is 0 Å². The second kappa shape index (κ2) is 3.30. The van der Waals surface area contributed by atoms with Crippen molar-refractivity contribution in [2.45, 2.75) is 38.5 Å². The Balaban J connectivity index is 2.03. The van der Waals surface area contributed by atoms with E-state index in [2.05, 4.69) is 17.5 Å². The van der Waals surface area contributed by atoms with Crippen molar-refractivity contribution in [3.8, 4) is 0 Å². The quantitative estimate of drug-likeness (QED) is 0.614. The molecular formula is C13H17N. The average molecular weight is 187 g/mol. The summed E-state index contributed by atoms with van der Waals surface area (Å²) in [5.74, 6) is 0. The molecule has 1 nitrogen and oxygen atoms in total. The molecule has 0 saturated carbocycles. The third-order valence-electron chi connectivity index (χ3n) is 3.59. The highest BCUT2D eigenvalue weighted by Gasteiger charge is 2.22. The van der Waals surface area contributed by atoms with Crippen LogP contribution in [0.1, 0.15) is 38.5 Å². The van der Waals surface area contributed by atoms with Crippen LogP contribution in [0.2, 0.25) is 0 Å². The normalized spacial score (nSPS) is 25.7. The molecule has 0 radical (unpaired) electrons. The minimum absolute atomic E-state index is 1.11. The van der Waals surface area contributed by atoms with Gasteiger partial charge in [0.25, 0.3) is 0 Å². The lowest BCUT2D eigenvalue weighted by Gasteiger charge is -2.31. The Labute approximate surface area is 85.6 Å². The van der Waals surface area contributed by atoms with E-state index in [0.29, 0.717) is 0 Å². The highest BCUT2D eigenvalue weighted by molar-refractivity contribution is 5.51. The smallest absolute Gasteiger partial charge is 0.0366 e. The number of dihydropyridines is 1. The lowest BCUT2D eigenvalue weighted by molar-refractivity contribution is 0.610. The highest BCUT2D eigenvalue weighted by atomic mass is 14.9. The molecule has 0 saturated heterocycles. The second-order valence-electron chi connectivity index (χ2n) is 4.48. The van der Waals surface area contributed by atoms with Crippen LogP contribution in [0.5, 0.6) is 0 Å². The van der Waals surface area contributed by atoms with Crippen molar-refractivity contribution in [3.05, 3.63) is 34.6 Å². The molecule has 0 amide bonds. The minimum Gasteiger partial charge on any atom is -0.384 e. The van der Waals surface area contributed by atoms with Crippen molar-refractivity contribution in [1.82, 2.24) is 5.32 Å². The first kappa shape index (κ1) is 8.34. The van der Waals surface area contributed by atoms with E-state index in [4.69, 9.17) is 0 Å². The molecule has 0 fully saturated rings. The number of hydrogen-bond acceptors (Lipinski definition) is 1. The summed E-state index contributed by atoms with van der Waals surface area (Å²) < 4.78 is 0. The third kappa shape index (κ3) is 1.23. The Morgan fingerprint density at radius 1 is 1.07 bits per heavy atom. The number of allylic oxidation sites excluding steroid dienone is 5. The molecular weight excluding hydrogens is 170 g/mol. The molecule has 0 atom stereocenters. The summed E-state index contributed by atoms with van der Waals surface area (Å²) in [5, 5.41) is 3.61. The molecule has 14 heavy (non-hydrogen) atoms. The van der Waals surface area contributed by atoms with E-state index in [-0.39, 0.29) is 0 Å². The molecule has 3 rings (SSSR count). The first-order chi connectivity index (χ1) is 6.95. The van der Waals surface area contributed by atoms with Crippen LogP contribution in [0.3, 0.4) is 0 Å². The van der Waals surface area contributed by atoms with Gasteiger partial charge in [-0.1, -0.05) is 12.2 Å². The fraction of sp³-hybridized carbons (Fsp3) is 0.538. The topological polar surface area (TPSA) is 12.0 Å². The van der Waals surface area contributed by atoms with Crippen LogP contribution in [0.25, 0.3) is 0 Å². The third-order valence-corrected chi connectivity index (χ3v) is 3.59. The van der Waals surface area contributed by atoms with Gasteiger partial charge < -0.3 is 5.32 Å². The first-order valence-electron chi connectivity index (χ1n) is 5.80. The summed E-state index contributed by atoms with van der Waals surface area (Å²) >= 11 is 0. The van der Waals surface area contributed by atoms with Crippen LogP contribution in [0, 0.1) is 0 Å². The number of nitrogens with one attached hydrogen (secondary N) is 1. The first-order valence-corrected chi connectivity index (χ1v) is 5.80. The maximum Gasteiger partial charge on any atom is 0.0366 e. The molecule has 0 bridgehead atoms. The maximum atomic E-state index is 3.61. The summed E-state index contributed by atoms with van der Waals surface area (Å²) in [7, 11) is 0. The molecule has 1 heterocycles. The molecule has 3 aliphatic rings. The Morgan fingerprint density at radius 3 is 3.00 bits per heavy atom. The Kier molecular flexibility index (Phi) is 1.97. The van der Waals surface area contributed by atoms with Crippen molar-refractivity contribution >= 4 is 0 Å².